The van der Waals surface area contributed by atoms with Crippen molar-refractivity contribution in [2.75, 3.05) is 6.61 Å². The van der Waals surface area contributed by atoms with E-state index < -0.39 is 8.60 Å². The van der Waals surface area contributed by atoms with E-state index in [1.165, 1.54) is 0 Å². The highest BCUT2D eigenvalue weighted by Crippen LogP contribution is 2.22. The molecule has 0 radical (unpaired) electrons. The largest absolute Gasteiger partial charge is 0.328 e. The molecule has 0 unspecified atom stereocenters. The van der Waals surface area contributed by atoms with Crippen LogP contribution in [0.25, 0.3) is 0 Å². The van der Waals surface area contributed by atoms with E-state index in [1.54, 1.807) is 6.92 Å². The Morgan fingerprint density at radius 2 is 2.00 bits per heavy atom. The summed E-state index contributed by atoms with van der Waals surface area (Å²) >= 11 is 0. The Kier molecular flexibility index (Phi) is 11.1. The van der Waals surface area contributed by atoms with Gasteiger partial charge in [0, 0.05) is 0 Å². The zero-order chi connectivity index (χ0) is 4.99. The van der Waals surface area contributed by atoms with Crippen LogP contribution in [0.5, 0.6) is 0 Å². The molecule has 0 saturated carbocycles. The lowest BCUT2D eigenvalue weighted by molar-refractivity contribution is 0.269. The second kappa shape index (κ2) is 7.08. The summed E-state index contributed by atoms with van der Waals surface area (Å²) in [6, 6.07) is 0. The third-order valence-corrected chi connectivity index (χ3v) is 0.734. The van der Waals surface area contributed by atoms with Crippen molar-refractivity contribution in [2.24, 2.45) is 0 Å². The minimum absolute atomic E-state index is 0. The van der Waals surface area contributed by atoms with Crippen LogP contribution in [-0.2, 0) is 4.52 Å². The van der Waals surface area contributed by atoms with E-state index in [2.05, 4.69) is 4.52 Å². The third-order valence-electron chi connectivity index (χ3n) is 0.245. The van der Waals surface area contributed by atoms with Gasteiger partial charge < -0.3 is 14.3 Å². The molecule has 3 nitrogen and oxygen atoms in total. The fourth-order valence-electron chi connectivity index (χ4n) is 0.115. The first-order valence-electron chi connectivity index (χ1n) is 1.58. The van der Waals surface area contributed by atoms with Crippen LogP contribution in [0.2, 0.25) is 0 Å². The second-order valence-corrected chi connectivity index (χ2v) is 1.43. The maximum Gasteiger partial charge on any atom is 0.327 e. The topological polar surface area (TPSA) is 49.7 Å². The van der Waals surface area contributed by atoms with Gasteiger partial charge >= 0.3 is 31.7 Å². The van der Waals surface area contributed by atoms with Gasteiger partial charge in [0.2, 0.25) is 0 Å². The molecule has 0 atom stereocenters. The van der Waals surface area contributed by atoms with Crippen molar-refractivity contribution in [3.05, 3.63) is 0 Å². The lowest BCUT2D eigenvalue weighted by Gasteiger charge is -1.95. The molecule has 5 heteroatoms. The molecule has 7 heavy (non-hydrogen) atoms. The molecule has 0 saturated heterocycles. The third kappa shape index (κ3) is 11.0. The Morgan fingerprint density at radius 3 is 2.00 bits per heavy atom. The van der Waals surface area contributed by atoms with Crippen molar-refractivity contribution in [1.29, 1.82) is 0 Å². The van der Waals surface area contributed by atoms with Crippen molar-refractivity contribution < 1.29 is 14.3 Å². The monoisotopic (exact) mass is 136 g/mol. The van der Waals surface area contributed by atoms with Crippen molar-refractivity contribution in [3.8, 4) is 0 Å². The average molecular weight is 136 g/mol. The Labute approximate surface area is 59.8 Å². The van der Waals surface area contributed by atoms with Crippen LogP contribution in [0.3, 0.4) is 0 Å². The van der Waals surface area contributed by atoms with Gasteiger partial charge in [-0.05, 0) is 6.92 Å². The Balaban J connectivity index is 0. The van der Waals surface area contributed by atoms with E-state index in [9.17, 15) is 0 Å². The molecule has 0 rings (SSSR count). The molecule has 0 aromatic carbocycles. The smallest absolute Gasteiger partial charge is 0.327 e. The summed E-state index contributed by atoms with van der Waals surface area (Å²) in [6.07, 6.45) is 0. The minimum atomic E-state index is -2.10. The van der Waals surface area contributed by atoms with Crippen LogP contribution in [-0.4, -0.2) is 39.4 Å². The minimum Gasteiger partial charge on any atom is -0.328 e. The van der Waals surface area contributed by atoms with E-state index in [4.69, 9.17) is 9.79 Å². The van der Waals surface area contributed by atoms with Crippen molar-refractivity contribution in [3.63, 3.8) is 0 Å². The summed E-state index contributed by atoms with van der Waals surface area (Å²) in [6.45, 7) is 2.06. The van der Waals surface area contributed by atoms with E-state index in [-0.39, 0.29) is 23.1 Å². The first kappa shape index (κ1) is 11.0. The molecule has 0 fully saturated rings. The maximum atomic E-state index is 7.95. The standard InChI is InChI=1S/C2H7O3P.Mg.2H/c1-2-5-6(3)4;;;/h3-4H,2H2,1H3;;;. The fourth-order valence-corrected chi connectivity index (χ4v) is 0.346. The quantitative estimate of drug-likeness (QED) is 0.391. The lowest BCUT2D eigenvalue weighted by atomic mass is 10.9. The number of hydrogen-bond donors (Lipinski definition) is 2. The van der Waals surface area contributed by atoms with Crippen LogP contribution in [0.1, 0.15) is 6.92 Å². The summed E-state index contributed by atoms with van der Waals surface area (Å²) < 4.78 is 4.22. The molecule has 0 aliphatic rings. The zero-order valence-corrected chi connectivity index (χ0v) is 4.35. The van der Waals surface area contributed by atoms with Crippen molar-refractivity contribution >= 4 is 31.7 Å². The summed E-state index contributed by atoms with van der Waals surface area (Å²) in [7, 11) is -2.10. The predicted octanol–water partition coefficient (Wildman–Crippen LogP) is -0.682. The van der Waals surface area contributed by atoms with Crippen molar-refractivity contribution in [2.45, 2.75) is 6.92 Å². The zero-order valence-electron chi connectivity index (χ0n) is 3.46. The molecule has 0 aromatic heterocycles. The Morgan fingerprint density at radius 1 is 1.57 bits per heavy atom. The van der Waals surface area contributed by atoms with Gasteiger partial charge in [0.25, 0.3) is 0 Å². The van der Waals surface area contributed by atoms with Crippen LogP contribution in [0.4, 0.5) is 0 Å². The first-order valence-corrected chi connectivity index (χ1v) is 2.74. The maximum absolute atomic E-state index is 7.95. The second-order valence-electron chi connectivity index (χ2n) is 0.671. The lowest BCUT2D eigenvalue weighted by Crippen LogP contribution is -1.78. The Bertz CT molecular complexity index is 34.1. The van der Waals surface area contributed by atoms with Gasteiger partial charge in [-0.1, -0.05) is 0 Å². The number of rotatable bonds is 2. The van der Waals surface area contributed by atoms with E-state index >= 15 is 0 Å². The molecule has 0 aromatic rings. The highest BCUT2D eigenvalue weighted by atomic mass is 31.2. The van der Waals surface area contributed by atoms with E-state index in [0.717, 1.165) is 0 Å². The van der Waals surface area contributed by atoms with Crippen LogP contribution < -0.4 is 0 Å². The van der Waals surface area contributed by atoms with Crippen LogP contribution in [0, 0.1) is 0 Å². The number of hydrogen-bond acceptors (Lipinski definition) is 3. The summed E-state index contributed by atoms with van der Waals surface area (Å²) in [5, 5.41) is 0. The summed E-state index contributed by atoms with van der Waals surface area (Å²) in [5.41, 5.74) is 0. The molecule has 0 bridgehead atoms. The molecule has 0 heterocycles. The molecular weight excluding hydrogens is 127 g/mol. The van der Waals surface area contributed by atoms with Gasteiger partial charge in [-0.2, -0.15) is 0 Å². The van der Waals surface area contributed by atoms with Gasteiger partial charge in [0.1, 0.15) is 0 Å². The highest BCUT2D eigenvalue weighted by Gasteiger charge is 1.91. The molecule has 0 aliphatic heterocycles. The summed E-state index contributed by atoms with van der Waals surface area (Å²) in [4.78, 5) is 15.9. The average Bonchev–Trinajstić information content (AvgIpc) is 1.35. The van der Waals surface area contributed by atoms with Gasteiger partial charge in [-0.25, -0.2) is 0 Å². The fraction of sp³-hybridized carbons (Fsp3) is 1.00. The molecule has 0 spiro atoms. The van der Waals surface area contributed by atoms with Gasteiger partial charge in [0.05, 0.1) is 6.61 Å². The highest BCUT2D eigenvalue weighted by molar-refractivity contribution is 7.39. The first-order chi connectivity index (χ1) is 2.77. The molecular formula is C2H9MgO3P. The van der Waals surface area contributed by atoms with E-state index in [0.29, 0.717) is 6.61 Å². The predicted molar refractivity (Wildman–Crippen MR) is 31.5 cm³/mol. The Hall–Kier alpha value is 1.08. The van der Waals surface area contributed by atoms with Gasteiger partial charge in [-0.15, -0.1) is 0 Å². The SMILES string of the molecule is CCOP(O)O.[MgH2]. The van der Waals surface area contributed by atoms with E-state index in [1.807, 2.05) is 0 Å². The molecule has 42 valence electrons. The van der Waals surface area contributed by atoms with Crippen LogP contribution in [0.15, 0.2) is 0 Å². The van der Waals surface area contributed by atoms with Gasteiger partial charge in [0.15, 0.2) is 0 Å². The van der Waals surface area contributed by atoms with Crippen LogP contribution >= 0.6 is 8.60 Å². The molecule has 0 aliphatic carbocycles. The normalized spacial score (nSPS) is 8.57. The van der Waals surface area contributed by atoms with Crippen molar-refractivity contribution in [1.82, 2.24) is 0 Å². The molecule has 0 amide bonds. The summed E-state index contributed by atoms with van der Waals surface area (Å²) in [5.74, 6) is 0. The van der Waals surface area contributed by atoms with Gasteiger partial charge in [-0.3, -0.25) is 0 Å². The molecule has 2 N–H and O–H groups in total.